The van der Waals surface area contributed by atoms with Crippen LogP contribution >= 0.6 is 0 Å². The molecule has 0 spiro atoms. The quantitative estimate of drug-likeness (QED) is 0.627. The van der Waals surface area contributed by atoms with Gasteiger partial charge in [0.05, 0.1) is 0 Å². The lowest BCUT2D eigenvalue weighted by atomic mass is 9.67. The topological polar surface area (TPSA) is 3.24 Å². The van der Waals surface area contributed by atoms with Gasteiger partial charge in [-0.2, -0.15) is 0 Å². The Balaban J connectivity index is 1.90. The van der Waals surface area contributed by atoms with Gasteiger partial charge in [0.1, 0.15) is 0 Å². The van der Waals surface area contributed by atoms with Crippen LogP contribution in [0.25, 0.3) is 0 Å². The molecule has 0 aromatic rings. The molecule has 0 heterocycles. The van der Waals surface area contributed by atoms with Gasteiger partial charge in [-0.25, -0.2) is 0 Å². The van der Waals surface area contributed by atoms with E-state index < -0.39 is 0 Å². The summed E-state index contributed by atoms with van der Waals surface area (Å²) in [6.07, 6.45) is 10.8. The summed E-state index contributed by atoms with van der Waals surface area (Å²) in [7, 11) is 0. The van der Waals surface area contributed by atoms with Crippen molar-refractivity contribution in [2.45, 2.75) is 59.3 Å². The number of fused-ring (bicyclic) bond motifs is 2. The zero-order valence-electron chi connectivity index (χ0n) is 12.6. The molecular weight excluding hydrogens is 218 g/mol. The van der Waals surface area contributed by atoms with Crippen LogP contribution in [0.4, 0.5) is 0 Å². The van der Waals surface area contributed by atoms with Crippen LogP contribution in [0.1, 0.15) is 59.3 Å². The smallest absolute Gasteiger partial charge is 0.00128 e. The number of hydrogen-bond donors (Lipinski definition) is 0. The van der Waals surface area contributed by atoms with Crippen LogP contribution in [0.15, 0.2) is 11.6 Å². The third-order valence-corrected chi connectivity index (χ3v) is 4.99. The fraction of sp³-hybridized carbons (Fsp3) is 0.882. The van der Waals surface area contributed by atoms with Gasteiger partial charge in [-0.15, -0.1) is 0 Å². The summed E-state index contributed by atoms with van der Waals surface area (Å²) in [5.41, 5.74) is 1.79. The van der Waals surface area contributed by atoms with E-state index in [9.17, 15) is 0 Å². The van der Waals surface area contributed by atoms with E-state index in [1.54, 1.807) is 5.57 Å². The molecule has 2 bridgehead atoms. The molecule has 1 saturated carbocycles. The van der Waals surface area contributed by atoms with Crippen molar-refractivity contribution in [3.05, 3.63) is 11.6 Å². The third kappa shape index (κ3) is 3.38. The molecule has 2 rings (SSSR count). The number of hydrogen-bond acceptors (Lipinski definition) is 1. The normalized spacial score (nSPS) is 31.6. The van der Waals surface area contributed by atoms with E-state index in [-0.39, 0.29) is 0 Å². The minimum atomic E-state index is 0.890. The van der Waals surface area contributed by atoms with Crippen LogP contribution in [0, 0.1) is 17.8 Å². The standard InChI is InChI=1S/C17H31N/c1-4-9-18(10-5-2)13-15-11-16-7-6-8-17(12-15)14(16)3/h7,14-15,17H,4-6,8-13H2,1-3H3. The summed E-state index contributed by atoms with van der Waals surface area (Å²) in [5, 5.41) is 0. The highest BCUT2D eigenvalue weighted by atomic mass is 15.1. The molecule has 0 aliphatic heterocycles. The summed E-state index contributed by atoms with van der Waals surface area (Å²) in [6.45, 7) is 11.0. The Labute approximate surface area is 114 Å². The highest BCUT2D eigenvalue weighted by Crippen LogP contribution is 2.43. The summed E-state index contributed by atoms with van der Waals surface area (Å²) >= 11 is 0. The van der Waals surface area contributed by atoms with Crippen molar-refractivity contribution in [3.63, 3.8) is 0 Å². The molecule has 18 heavy (non-hydrogen) atoms. The molecular formula is C17H31N. The number of nitrogens with zero attached hydrogens (tertiary/aromatic N) is 1. The monoisotopic (exact) mass is 249 g/mol. The molecule has 1 nitrogen and oxygen atoms in total. The van der Waals surface area contributed by atoms with E-state index >= 15 is 0 Å². The molecule has 0 radical (unpaired) electrons. The molecule has 0 saturated heterocycles. The average Bonchev–Trinajstić information content (AvgIpc) is 2.31. The molecule has 1 heteroatoms. The van der Waals surface area contributed by atoms with Gasteiger partial charge in [0.25, 0.3) is 0 Å². The third-order valence-electron chi connectivity index (χ3n) is 4.99. The van der Waals surface area contributed by atoms with Crippen molar-refractivity contribution in [2.75, 3.05) is 19.6 Å². The van der Waals surface area contributed by atoms with Gasteiger partial charge in [-0.3, -0.25) is 0 Å². The first-order valence-corrected chi connectivity index (χ1v) is 8.15. The Bertz CT molecular complexity index is 275. The van der Waals surface area contributed by atoms with E-state index in [2.05, 4.69) is 31.7 Å². The Hall–Kier alpha value is -0.300. The molecule has 2 aliphatic carbocycles. The minimum absolute atomic E-state index is 0.890. The van der Waals surface area contributed by atoms with Gasteiger partial charge in [-0.1, -0.05) is 32.4 Å². The van der Waals surface area contributed by atoms with Crippen LogP contribution in [-0.2, 0) is 0 Å². The number of allylic oxidation sites excluding steroid dienone is 2. The van der Waals surface area contributed by atoms with Crippen molar-refractivity contribution >= 4 is 0 Å². The highest BCUT2D eigenvalue weighted by Gasteiger charge is 2.33. The van der Waals surface area contributed by atoms with Crippen LogP contribution in [0.5, 0.6) is 0 Å². The maximum atomic E-state index is 2.71. The SMILES string of the molecule is CCCN(CCC)CC1CC2=CCCC(C1)C2C. The second-order valence-electron chi connectivity index (χ2n) is 6.51. The zero-order chi connectivity index (χ0) is 13.0. The van der Waals surface area contributed by atoms with Gasteiger partial charge >= 0.3 is 0 Å². The summed E-state index contributed by atoms with van der Waals surface area (Å²) in [6, 6.07) is 0. The Morgan fingerprint density at radius 1 is 1.22 bits per heavy atom. The van der Waals surface area contributed by atoms with Crippen molar-refractivity contribution < 1.29 is 0 Å². The molecule has 2 aliphatic rings. The van der Waals surface area contributed by atoms with Crippen molar-refractivity contribution in [3.8, 4) is 0 Å². The summed E-state index contributed by atoms with van der Waals surface area (Å²) in [4.78, 5) is 2.71. The maximum absolute atomic E-state index is 2.71. The Morgan fingerprint density at radius 2 is 1.94 bits per heavy atom. The fourth-order valence-electron chi connectivity index (χ4n) is 4.09. The average molecular weight is 249 g/mol. The van der Waals surface area contributed by atoms with Crippen LogP contribution < -0.4 is 0 Å². The molecule has 104 valence electrons. The lowest BCUT2D eigenvalue weighted by Gasteiger charge is -2.41. The van der Waals surface area contributed by atoms with E-state index in [1.807, 2.05) is 0 Å². The zero-order valence-corrected chi connectivity index (χ0v) is 12.6. The predicted molar refractivity (Wildman–Crippen MR) is 79.7 cm³/mol. The van der Waals surface area contributed by atoms with E-state index in [0.717, 1.165) is 17.8 Å². The van der Waals surface area contributed by atoms with Crippen LogP contribution in [0.3, 0.4) is 0 Å². The predicted octanol–water partition coefficient (Wildman–Crippen LogP) is 4.49. The first kappa shape index (κ1) is 14.1. The molecule has 1 fully saturated rings. The largest absolute Gasteiger partial charge is 0.303 e. The summed E-state index contributed by atoms with van der Waals surface area (Å²) < 4.78 is 0. The van der Waals surface area contributed by atoms with Crippen LogP contribution in [-0.4, -0.2) is 24.5 Å². The van der Waals surface area contributed by atoms with E-state index in [1.165, 1.54) is 58.2 Å². The Morgan fingerprint density at radius 3 is 2.56 bits per heavy atom. The molecule has 3 atom stereocenters. The molecule has 0 N–H and O–H groups in total. The van der Waals surface area contributed by atoms with E-state index in [0.29, 0.717) is 0 Å². The fourth-order valence-corrected chi connectivity index (χ4v) is 4.09. The van der Waals surface area contributed by atoms with Crippen molar-refractivity contribution in [2.24, 2.45) is 17.8 Å². The van der Waals surface area contributed by atoms with Gasteiger partial charge in [-0.05, 0) is 69.4 Å². The molecule has 3 unspecified atom stereocenters. The lowest BCUT2D eigenvalue weighted by Crippen LogP contribution is -2.36. The van der Waals surface area contributed by atoms with Crippen molar-refractivity contribution in [1.82, 2.24) is 4.90 Å². The molecule has 0 amide bonds. The minimum Gasteiger partial charge on any atom is -0.303 e. The Kier molecular flexibility index (Phi) is 5.29. The lowest BCUT2D eigenvalue weighted by molar-refractivity contribution is 0.163. The second-order valence-corrected chi connectivity index (χ2v) is 6.51. The van der Waals surface area contributed by atoms with E-state index in [4.69, 9.17) is 0 Å². The summed E-state index contributed by atoms with van der Waals surface area (Å²) in [5.74, 6) is 2.82. The number of rotatable bonds is 6. The van der Waals surface area contributed by atoms with Crippen LogP contribution in [0.2, 0.25) is 0 Å². The molecule has 0 aromatic heterocycles. The highest BCUT2D eigenvalue weighted by molar-refractivity contribution is 5.15. The molecule has 0 aromatic carbocycles. The van der Waals surface area contributed by atoms with Gasteiger partial charge < -0.3 is 4.90 Å². The van der Waals surface area contributed by atoms with Crippen molar-refractivity contribution in [1.29, 1.82) is 0 Å². The maximum Gasteiger partial charge on any atom is 0.00128 e. The second kappa shape index (κ2) is 6.75. The first-order chi connectivity index (χ1) is 8.74. The van der Waals surface area contributed by atoms with Gasteiger partial charge in [0, 0.05) is 6.54 Å². The van der Waals surface area contributed by atoms with Gasteiger partial charge in [0.15, 0.2) is 0 Å². The van der Waals surface area contributed by atoms with Gasteiger partial charge in [0.2, 0.25) is 0 Å². The first-order valence-electron chi connectivity index (χ1n) is 8.15.